The SMILES string of the molecule is CCCNCCCC(C)Oc1cccc(S(C)(=O)=O)c1. The maximum atomic E-state index is 11.5. The molecule has 0 fully saturated rings. The second kappa shape index (κ2) is 8.27. The van der Waals surface area contributed by atoms with Gasteiger partial charge in [0.2, 0.25) is 0 Å². The van der Waals surface area contributed by atoms with E-state index in [4.69, 9.17) is 4.74 Å². The molecule has 0 saturated heterocycles. The molecule has 0 saturated carbocycles. The summed E-state index contributed by atoms with van der Waals surface area (Å²) in [5, 5.41) is 3.35. The molecule has 1 N–H and O–H groups in total. The number of hydrogen-bond acceptors (Lipinski definition) is 4. The van der Waals surface area contributed by atoms with Crippen molar-refractivity contribution in [2.24, 2.45) is 0 Å². The van der Waals surface area contributed by atoms with Crippen LogP contribution in [0.4, 0.5) is 0 Å². The highest BCUT2D eigenvalue weighted by Crippen LogP contribution is 2.19. The van der Waals surface area contributed by atoms with Crippen LogP contribution >= 0.6 is 0 Å². The van der Waals surface area contributed by atoms with Crippen LogP contribution in [0.1, 0.15) is 33.1 Å². The molecular formula is C15H25NO3S. The van der Waals surface area contributed by atoms with Gasteiger partial charge < -0.3 is 10.1 Å². The highest BCUT2D eigenvalue weighted by atomic mass is 32.2. The number of rotatable bonds is 9. The Kier molecular flexibility index (Phi) is 7.02. The van der Waals surface area contributed by atoms with Crippen LogP contribution in [0, 0.1) is 0 Å². The fourth-order valence-electron chi connectivity index (χ4n) is 1.89. The lowest BCUT2D eigenvalue weighted by Gasteiger charge is -2.15. The molecule has 0 spiro atoms. The average Bonchev–Trinajstić information content (AvgIpc) is 2.38. The van der Waals surface area contributed by atoms with Crippen molar-refractivity contribution in [2.45, 2.75) is 44.1 Å². The molecule has 4 nitrogen and oxygen atoms in total. The summed E-state index contributed by atoms with van der Waals surface area (Å²) < 4.78 is 28.7. The minimum absolute atomic E-state index is 0.0771. The number of hydrogen-bond donors (Lipinski definition) is 1. The average molecular weight is 299 g/mol. The molecule has 0 aliphatic carbocycles. The monoisotopic (exact) mass is 299 g/mol. The molecule has 1 unspecified atom stereocenters. The second-order valence-corrected chi connectivity index (χ2v) is 7.08. The summed E-state index contributed by atoms with van der Waals surface area (Å²) in [5.74, 6) is 0.613. The molecule has 1 atom stereocenters. The normalized spacial score (nSPS) is 13.2. The Hall–Kier alpha value is -1.07. The lowest BCUT2D eigenvalue weighted by Crippen LogP contribution is -2.19. The highest BCUT2D eigenvalue weighted by Gasteiger charge is 2.09. The molecule has 0 aromatic heterocycles. The minimum Gasteiger partial charge on any atom is -0.491 e. The summed E-state index contributed by atoms with van der Waals surface area (Å²) in [6.45, 7) is 6.19. The van der Waals surface area contributed by atoms with Crippen molar-refractivity contribution in [3.8, 4) is 5.75 Å². The first-order valence-corrected chi connectivity index (χ1v) is 9.00. The van der Waals surface area contributed by atoms with Gasteiger partial charge >= 0.3 is 0 Å². The molecule has 0 aliphatic rings. The predicted molar refractivity (Wildman–Crippen MR) is 82.0 cm³/mol. The standard InChI is InChI=1S/C15H25NO3S/c1-4-10-16-11-6-7-13(2)19-14-8-5-9-15(12-14)20(3,17)18/h5,8-9,12-13,16H,4,6-7,10-11H2,1-3H3. The largest absolute Gasteiger partial charge is 0.491 e. The van der Waals surface area contributed by atoms with E-state index in [1.165, 1.54) is 6.26 Å². The van der Waals surface area contributed by atoms with Crippen molar-refractivity contribution in [2.75, 3.05) is 19.3 Å². The molecule has 1 aromatic carbocycles. The first-order valence-electron chi connectivity index (χ1n) is 7.11. The molecule has 5 heteroatoms. The van der Waals surface area contributed by atoms with Crippen LogP contribution in [-0.2, 0) is 9.84 Å². The summed E-state index contributed by atoms with van der Waals surface area (Å²) in [7, 11) is -3.18. The summed E-state index contributed by atoms with van der Waals surface area (Å²) in [6, 6.07) is 6.67. The van der Waals surface area contributed by atoms with Gasteiger partial charge in [-0.05, 0) is 57.5 Å². The summed E-state index contributed by atoms with van der Waals surface area (Å²) in [5.41, 5.74) is 0. The second-order valence-electron chi connectivity index (χ2n) is 5.07. The smallest absolute Gasteiger partial charge is 0.175 e. The minimum atomic E-state index is -3.18. The Labute approximate surface area is 122 Å². The van der Waals surface area contributed by atoms with Gasteiger partial charge in [-0.25, -0.2) is 8.42 Å². The molecule has 0 aliphatic heterocycles. The van der Waals surface area contributed by atoms with E-state index in [2.05, 4.69) is 12.2 Å². The fraction of sp³-hybridized carbons (Fsp3) is 0.600. The third kappa shape index (κ3) is 6.39. The fourth-order valence-corrected chi connectivity index (χ4v) is 2.54. The third-order valence-corrected chi connectivity index (χ3v) is 4.07. The van der Waals surface area contributed by atoms with Crippen LogP contribution in [-0.4, -0.2) is 33.9 Å². The molecule has 0 radical (unpaired) electrons. The molecule has 0 amide bonds. The van der Waals surface area contributed by atoms with E-state index < -0.39 is 9.84 Å². The molecule has 0 heterocycles. The molecule has 1 rings (SSSR count). The highest BCUT2D eigenvalue weighted by molar-refractivity contribution is 7.90. The number of benzene rings is 1. The van der Waals surface area contributed by atoms with Crippen LogP contribution < -0.4 is 10.1 Å². The number of ether oxygens (including phenoxy) is 1. The van der Waals surface area contributed by atoms with Gasteiger partial charge in [0, 0.05) is 6.26 Å². The van der Waals surface area contributed by atoms with Crippen molar-refractivity contribution < 1.29 is 13.2 Å². The Balaban J connectivity index is 2.44. The van der Waals surface area contributed by atoms with E-state index in [1.54, 1.807) is 24.3 Å². The van der Waals surface area contributed by atoms with Gasteiger partial charge in [-0.15, -0.1) is 0 Å². The molecular weight excluding hydrogens is 274 g/mol. The quantitative estimate of drug-likeness (QED) is 0.712. The van der Waals surface area contributed by atoms with Crippen LogP contribution in [0.5, 0.6) is 5.75 Å². The lowest BCUT2D eigenvalue weighted by molar-refractivity contribution is 0.207. The van der Waals surface area contributed by atoms with Gasteiger partial charge in [-0.3, -0.25) is 0 Å². The van der Waals surface area contributed by atoms with Crippen LogP contribution in [0.3, 0.4) is 0 Å². The van der Waals surface area contributed by atoms with E-state index in [0.29, 0.717) is 10.6 Å². The van der Waals surface area contributed by atoms with Crippen molar-refractivity contribution in [3.05, 3.63) is 24.3 Å². The Morgan fingerprint density at radius 3 is 2.70 bits per heavy atom. The Bertz CT molecular complexity index is 500. The zero-order valence-corrected chi connectivity index (χ0v) is 13.4. The number of nitrogens with one attached hydrogen (secondary N) is 1. The predicted octanol–water partition coefficient (Wildman–Crippen LogP) is 2.64. The Morgan fingerprint density at radius 2 is 2.05 bits per heavy atom. The van der Waals surface area contributed by atoms with Crippen LogP contribution in [0.25, 0.3) is 0 Å². The van der Waals surface area contributed by atoms with Crippen molar-refractivity contribution in [3.63, 3.8) is 0 Å². The molecule has 0 bridgehead atoms. The van der Waals surface area contributed by atoms with Gasteiger partial charge in [-0.2, -0.15) is 0 Å². The van der Waals surface area contributed by atoms with Crippen LogP contribution in [0.2, 0.25) is 0 Å². The lowest BCUT2D eigenvalue weighted by atomic mass is 10.2. The molecule has 1 aromatic rings. The van der Waals surface area contributed by atoms with Gasteiger partial charge in [0.25, 0.3) is 0 Å². The maximum Gasteiger partial charge on any atom is 0.175 e. The third-order valence-electron chi connectivity index (χ3n) is 2.96. The van der Waals surface area contributed by atoms with Crippen molar-refractivity contribution in [1.82, 2.24) is 5.32 Å². The number of sulfone groups is 1. The van der Waals surface area contributed by atoms with Crippen molar-refractivity contribution >= 4 is 9.84 Å². The maximum absolute atomic E-state index is 11.5. The van der Waals surface area contributed by atoms with Gasteiger partial charge in [0.05, 0.1) is 11.0 Å². The summed E-state index contributed by atoms with van der Waals surface area (Å²) in [4.78, 5) is 0.298. The topological polar surface area (TPSA) is 55.4 Å². The summed E-state index contributed by atoms with van der Waals surface area (Å²) >= 11 is 0. The van der Waals surface area contributed by atoms with Gasteiger partial charge in [0.1, 0.15) is 5.75 Å². The van der Waals surface area contributed by atoms with Gasteiger partial charge in [-0.1, -0.05) is 13.0 Å². The van der Waals surface area contributed by atoms with Crippen molar-refractivity contribution in [1.29, 1.82) is 0 Å². The van der Waals surface area contributed by atoms with Gasteiger partial charge in [0.15, 0.2) is 9.84 Å². The first-order chi connectivity index (χ1) is 9.43. The van der Waals surface area contributed by atoms with E-state index >= 15 is 0 Å². The molecule has 114 valence electrons. The van der Waals surface area contributed by atoms with E-state index in [-0.39, 0.29) is 6.10 Å². The Morgan fingerprint density at radius 1 is 1.30 bits per heavy atom. The van der Waals surface area contributed by atoms with E-state index in [9.17, 15) is 8.42 Å². The molecule has 20 heavy (non-hydrogen) atoms. The van der Waals surface area contributed by atoms with Crippen LogP contribution in [0.15, 0.2) is 29.2 Å². The van der Waals surface area contributed by atoms with E-state index in [1.807, 2.05) is 6.92 Å². The first kappa shape index (κ1) is 17.0. The zero-order chi connectivity index (χ0) is 15.0. The summed E-state index contributed by atoms with van der Waals surface area (Å²) in [6.07, 6.45) is 4.42. The van der Waals surface area contributed by atoms with E-state index in [0.717, 1.165) is 32.4 Å². The zero-order valence-electron chi connectivity index (χ0n) is 12.6.